The van der Waals surface area contributed by atoms with Gasteiger partial charge in [-0.25, -0.2) is 17.9 Å². The minimum Gasteiger partial charge on any atom is -0.477 e. The monoisotopic (exact) mass is 331 g/mol. The topological polar surface area (TPSA) is 83.5 Å². The zero-order valence-electron chi connectivity index (χ0n) is 12.0. The van der Waals surface area contributed by atoms with E-state index in [1.165, 1.54) is 24.3 Å². The van der Waals surface area contributed by atoms with E-state index in [2.05, 4.69) is 4.72 Å². The molecule has 1 saturated carbocycles. The molecule has 0 radical (unpaired) electrons. The summed E-state index contributed by atoms with van der Waals surface area (Å²) in [6, 6.07) is 1.19. The standard InChI is InChI=1S/C14H21NO4S2/c1-10(11-6-4-2-3-5-7-11)15-21(18,19)12-8-9-20-13(12)14(16)17/h8-11,15H,2-7H2,1H3,(H,16,17)/t10-/m0/s1. The molecule has 2 N–H and O–H groups in total. The van der Waals surface area contributed by atoms with Gasteiger partial charge in [-0.05, 0) is 37.1 Å². The average Bonchev–Trinajstić information content (AvgIpc) is 2.75. The largest absolute Gasteiger partial charge is 0.477 e. The SMILES string of the molecule is C[C@H](NS(=O)(=O)c1ccsc1C(=O)O)C1CCCCCC1. The average molecular weight is 331 g/mol. The lowest BCUT2D eigenvalue weighted by molar-refractivity contribution is 0.0698. The summed E-state index contributed by atoms with van der Waals surface area (Å²) in [4.78, 5) is 10.8. The van der Waals surface area contributed by atoms with Crippen LogP contribution in [0.3, 0.4) is 0 Å². The van der Waals surface area contributed by atoms with Crippen molar-refractivity contribution in [2.75, 3.05) is 0 Å². The molecule has 5 nitrogen and oxygen atoms in total. The number of nitrogens with one attached hydrogen (secondary N) is 1. The molecule has 0 saturated heterocycles. The van der Waals surface area contributed by atoms with Gasteiger partial charge in [0.15, 0.2) is 0 Å². The van der Waals surface area contributed by atoms with E-state index in [0.29, 0.717) is 5.92 Å². The Morgan fingerprint density at radius 1 is 1.33 bits per heavy atom. The summed E-state index contributed by atoms with van der Waals surface area (Å²) in [5.41, 5.74) is 0. The zero-order chi connectivity index (χ0) is 15.5. The number of carbonyl (C=O) groups is 1. The van der Waals surface area contributed by atoms with Gasteiger partial charge in [0.05, 0.1) is 0 Å². The maximum absolute atomic E-state index is 12.4. The van der Waals surface area contributed by atoms with E-state index in [9.17, 15) is 13.2 Å². The normalized spacial score (nSPS) is 19.1. The van der Waals surface area contributed by atoms with E-state index in [4.69, 9.17) is 5.11 Å². The van der Waals surface area contributed by atoms with Gasteiger partial charge in [-0.2, -0.15) is 0 Å². The van der Waals surface area contributed by atoms with E-state index in [-0.39, 0.29) is 15.8 Å². The molecule has 1 aromatic rings. The first kappa shape index (κ1) is 16.5. The molecule has 1 aliphatic carbocycles. The predicted molar refractivity (Wildman–Crippen MR) is 82.3 cm³/mol. The number of sulfonamides is 1. The van der Waals surface area contributed by atoms with Crippen LogP contribution in [-0.2, 0) is 10.0 Å². The lowest BCUT2D eigenvalue weighted by atomic mass is 9.94. The summed E-state index contributed by atoms with van der Waals surface area (Å²) >= 11 is 0.932. The summed E-state index contributed by atoms with van der Waals surface area (Å²) in [7, 11) is -3.77. The minimum atomic E-state index is -3.77. The Kier molecular flexibility index (Phi) is 5.40. The Bertz CT molecular complexity index is 586. The molecule has 1 aliphatic rings. The van der Waals surface area contributed by atoms with Crippen LogP contribution in [0.1, 0.15) is 55.1 Å². The van der Waals surface area contributed by atoms with Crippen molar-refractivity contribution < 1.29 is 18.3 Å². The summed E-state index contributed by atoms with van der Waals surface area (Å²) in [6.07, 6.45) is 6.75. The van der Waals surface area contributed by atoms with Crippen LogP contribution in [0.25, 0.3) is 0 Å². The van der Waals surface area contributed by atoms with Gasteiger partial charge in [0.1, 0.15) is 9.77 Å². The van der Waals surface area contributed by atoms with Crippen LogP contribution in [0.2, 0.25) is 0 Å². The van der Waals surface area contributed by atoms with Crippen LogP contribution < -0.4 is 4.72 Å². The van der Waals surface area contributed by atoms with Crippen molar-refractivity contribution >= 4 is 27.3 Å². The lowest BCUT2D eigenvalue weighted by Gasteiger charge is -2.23. The highest BCUT2D eigenvalue weighted by Gasteiger charge is 2.28. The molecule has 1 heterocycles. The lowest BCUT2D eigenvalue weighted by Crippen LogP contribution is -2.38. The molecule has 1 atom stereocenters. The smallest absolute Gasteiger partial charge is 0.347 e. The molecule has 1 aromatic heterocycles. The third-order valence-electron chi connectivity index (χ3n) is 4.06. The fraction of sp³-hybridized carbons (Fsp3) is 0.643. The Morgan fingerprint density at radius 3 is 2.52 bits per heavy atom. The summed E-state index contributed by atoms with van der Waals surface area (Å²) in [5.74, 6) is -0.873. The maximum Gasteiger partial charge on any atom is 0.347 e. The van der Waals surface area contributed by atoms with Crippen LogP contribution in [-0.4, -0.2) is 25.5 Å². The van der Waals surface area contributed by atoms with Crippen molar-refractivity contribution in [1.29, 1.82) is 0 Å². The first-order valence-corrected chi connectivity index (χ1v) is 9.61. The van der Waals surface area contributed by atoms with Crippen LogP contribution in [0.5, 0.6) is 0 Å². The molecule has 118 valence electrons. The summed E-state index contributed by atoms with van der Waals surface area (Å²) < 4.78 is 27.4. The number of rotatable bonds is 5. The molecular formula is C14H21NO4S2. The van der Waals surface area contributed by atoms with E-state index >= 15 is 0 Å². The van der Waals surface area contributed by atoms with E-state index < -0.39 is 16.0 Å². The molecular weight excluding hydrogens is 310 g/mol. The van der Waals surface area contributed by atoms with E-state index in [1.807, 2.05) is 6.92 Å². The van der Waals surface area contributed by atoms with Crippen LogP contribution in [0, 0.1) is 5.92 Å². The molecule has 0 aliphatic heterocycles. The van der Waals surface area contributed by atoms with Crippen LogP contribution in [0.4, 0.5) is 0 Å². The summed E-state index contributed by atoms with van der Waals surface area (Å²) in [6.45, 7) is 1.88. The molecule has 1 fully saturated rings. The number of carboxylic acids is 1. The predicted octanol–water partition coefficient (Wildman–Crippen LogP) is 3.08. The molecule has 7 heteroatoms. The second-order valence-corrected chi connectivity index (χ2v) is 8.18. The third kappa shape index (κ3) is 4.05. The highest BCUT2D eigenvalue weighted by molar-refractivity contribution is 7.89. The summed E-state index contributed by atoms with van der Waals surface area (Å²) in [5, 5.41) is 10.6. The van der Waals surface area contributed by atoms with Crippen molar-refractivity contribution in [3.8, 4) is 0 Å². The second kappa shape index (κ2) is 6.89. The number of thiophene rings is 1. The number of hydrogen-bond acceptors (Lipinski definition) is 4. The Balaban J connectivity index is 2.12. The fourth-order valence-corrected chi connectivity index (χ4v) is 5.45. The number of aromatic carboxylic acids is 1. The van der Waals surface area contributed by atoms with Crippen molar-refractivity contribution in [2.24, 2.45) is 5.92 Å². The Labute approximate surface area is 129 Å². The van der Waals surface area contributed by atoms with E-state index in [1.54, 1.807) is 0 Å². The molecule has 21 heavy (non-hydrogen) atoms. The fourth-order valence-electron chi connectivity index (χ4n) is 2.88. The van der Waals surface area contributed by atoms with E-state index in [0.717, 1.165) is 37.0 Å². The second-order valence-electron chi connectivity index (χ2n) is 5.58. The van der Waals surface area contributed by atoms with Gasteiger partial charge in [0, 0.05) is 6.04 Å². The molecule has 0 amide bonds. The van der Waals surface area contributed by atoms with Crippen molar-refractivity contribution in [3.05, 3.63) is 16.3 Å². The van der Waals surface area contributed by atoms with Gasteiger partial charge in [-0.15, -0.1) is 11.3 Å². The molecule has 2 rings (SSSR count). The van der Waals surface area contributed by atoms with Gasteiger partial charge < -0.3 is 5.11 Å². The van der Waals surface area contributed by atoms with Crippen LogP contribution in [0.15, 0.2) is 16.3 Å². The minimum absolute atomic E-state index is 0.125. The van der Waals surface area contributed by atoms with Crippen molar-refractivity contribution in [1.82, 2.24) is 4.72 Å². The Hall–Kier alpha value is -0.920. The number of carboxylic acid groups (broad SMARTS) is 1. The van der Waals surface area contributed by atoms with Gasteiger partial charge in [-0.3, -0.25) is 0 Å². The first-order valence-electron chi connectivity index (χ1n) is 7.25. The third-order valence-corrected chi connectivity index (χ3v) is 6.69. The van der Waals surface area contributed by atoms with Gasteiger partial charge >= 0.3 is 5.97 Å². The molecule has 0 aromatic carbocycles. The van der Waals surface area contributed by atoms with Gasteiger partial charge in [0.25, 0.3) is 0 Å². The van der Waals surface area contributed by atoms with Crippen LogP contribution >= 0.6 is 11.3 Å². The maximum atomic E-state index is 12.4. The van der Waals surface area contributed by atoms with Crippen molar-refractivity contribution in [3.63, 3.8) is 0 Å². The Morgan fingerprint density at radius 2 is 1.95 bits per heavy atom. The quantitative estimate of drug-likeness (QED) is 0.812. The highest BCUT2D eigenvalue weighted by Crippen LogP contribution is 2.27. The highest BCUT2D eigenvalue weighted by atomic mass is 32.2. The molecule has 0 unspecified atom stereocenters. The van der Waals surface area contributed by atoms with Gasteiger partial charge in [0.2, 0.25) is 10.0 Å². The number of hydrogen-bond donors (Lipinski definition) is 2. The first-order chi connectivity index (χ1) is 9.92. The molecule has 0 spiro atoms. The van der Waals surface area contributed by atoms with Gasteiger partial charge in [-0.1, -0.05) is 25.7 Å². The zero-order valence-corrected chi connectivity index (χ0v) is 13.7. The van der Waals surface area contributed by atoms with Crippen molar-refractivity contribution in [2.45, 2.75) is 56.4 Å². The molecule has 0 bridgehead atoms.